The molecule has 0 amide bonds. The fourth-order valence-corrected chi connectivity index (χ4v) is 5.75. The van der Waals surface area contributed by atoms with E-state index in [4.69, 9.17) is 33.3 Å². The van der Waals surface area contributed by atoms with Crippen molar-refractivity contribution >= 4 is 34.6 Å². The molecule has 0 bridgehead atoms. The van der Waals surface area contributed by atoms with Crippen LogP contribution in [0.5, 0.6) is 5.75 Å². The second kappa shape index (κ2) is 11.0. The van der Waals surface area contributed by atoms with Crippen molar-refractivity contribution in [2.45, 2.75) is 50.2 Å². The SMILES string of the molecule is COCCOc1ccc(N2C(=S)N[C@H](c3ccccn3)[C@H]2c2ccn(C3CCCCC3)c2)cc1Cl. The molecule has 1 saturated heterocycles. The van der Waals surface area contributed by atoms with Crippen LogP contribution in [0.1, 0.15) is 61.5 Å². The number of thiocarbonyl (C=S) groups is 1. The Hall–Kier alpha value is -2.61. The molecule has 1 aliphatic carbocycles. The Bertz CT molecular complexity index is 1150. The number of rotatable bonds is 8. The number of nitrogens with one attached hydrogen (secondary N) is 1. The second-order valence-corrected chi connectivity index (χ2v) is 9.93. The number of benzene rings is 1. The quantitative estimate of drug-likeness (QED) is 0.286. The van der Waals surface area contributed by atoms with E-state index in [1.165, 1.54) is 37.7 Å². The molecule has 1 saturated carbocycles. The molecule has 3 aromatic rings. The molecular weight excluding hydrogens is 480 g/mol. The van der Waals surface area contributed by atoms with Gasteiger partial charge < -0.3 is 24.3 Å². The predicted molar refractivity (Wildman–Crippen MR) is 143 cm³/mol. The molecule has 184 valence electrons. The van der Waals surface area contributed by atoms with Gasteiger partial charge in [-0.2, -0.15) is 0 Å². The van der Waals surface area contributed by atoms with Gasteiger partial charge in [0.25, 0.3) is 0 Å². The monoisotopic (exact) mass is 510 g/mol. The van der Waals surface area contributed by atoms with Gasteiger partial charge in [0.05, 0.1) is 29.4 Å². The number of hydrogen-bond acceptors (Lipinski definition) is 4. The molecule has 0 unspecified atom stereocenters. The highest BCUT2D eigenvalue weighted by Gasteiger charge is 2.41. The van der Waals surface area contributed by atoms with E-state index in [1.54, 1.807) is 7.11 Å². The summed E-state index contributed by atoms with van der Waals surface area (Å²) in [6.45, 7) is 0.947. The first-order chi connectivity index (χ1) is 17.2. The lowest BCUT2D eigenvalue weighted by Crippen LogP contribution is -2.29. The highest BCUT2D eigenvalue weighted by atomic mass is 35.5. The maximum atomic E-state index is 6.61. The number of nitrogens with zero attached hydrogens (tertiary/aromatic N) is 3. The number of pyridine rings is 1. The van der Waals surface area contributed by atoms with Gasteiger partial charge in [0.1, 0.15) is 12.4 Å². The van der Waals surface area contributed by atoms with Crippen molar-refractivity contribution in [2.24, 2.45) is 0 Å². The Morgan fingerprint density at radius 1 is 1.11 bits per heavy atom. The first kappa shape index (κ1) is 24.1. The van der Waals surface area contributed by atoms with E-state index < -0.39 is 0 Å². The fourth-order valence-electron chi connectivity index (χ4n) is 5.18. The van der Waals surface area contributed by atoms with Crippen LogP contribution in [0.25, 0.3) is 0 Å². The summed E-state index contributed by atoms with van der Waals surface area (Å²) in [4.78, 5) is 6.81. The van der Waals surface area contributed by atoms with Crippen LogP contribution in [-0.2, 0) is 4.74 Å². The third-order valence-electron chi connectivity index (χ3n) is 6.91. The number of anilines is 1. The van der Waals surface area contributed by atoms with Gasteiger partial charge in [-0.3, -0.25) is 4.98 Å². The molecule has 0 spiro atoms. The summed E-state index contributed by atoms with van der Waals surface area (Å²) >= 11 is 12.5. The Morgan fingerprint density at radius 3 is 2.71 bits per heavy atom. The summed E-state index contributed by atoms with van der Waals surface area (Å²) in [5.41, 5.74) is 3.08. The summed E-state index contributed by atoms with van der Waals surface area (Å²) in [6, 6.07) is 14.5. The molecule has 2 aliphatic rings. The van der Waals surface area contributed by atoms with E-state index in [-0.39, 0.29) is 12.1 Å². The van der Waals surface area contributed by atoms with Crippen molar-refractivity contribution in [3.8, 4) is 5.75 Å². The third-order valence-corrected chi connectivity index (χ3v) is 7.52. The maximum absolute atomic E-state index is 6.61. The zero-order chi connectivity index (χ0) is 24.2. The van der Waals surface area contributed by atoms with Crippen LogP contribution in [-0.4, -0.2) is 35.0 Å². The Kier molecular flexibility index (Phi) is 7.56. The normalized spacial score (nSPS) is 20.7. The lowest BCUT2D eigenvalue weighted by molar-refractivity contribution is 0.146. The van der Waals surface area contributed by atoms with Crippen LogP contribution in [0, 0.1) is 0 Å². The highest BCUT2D eigenvalue weighted by molar-refractivity contribution is 7.80. The molecule has 1 N–H and O–H groups in total. The Morgan fingerprint density at radius 2 is 1.97 bits per heavy atom. The molecule has 2 aromatic heterocycles. The Balaban J connectivity index is 1.49. The molecule has 2 atom stereocenters. The summed E-state index contributed by atoms with van der Waals surface area (Å²) in [7, 11) is 1.65. The second-order valence-electron chi connectivity index (χ2n) is 9.14. The van der Waals surface area contributed by atoms with Crippen LogP contribution >= 0.6 is 23.8 Å². The molecule has 3 heterocycles. The molecule has 1 aliphatic heterocycles. The fraction of sp³-hybridized carbons (Fsp3) is 0.407. The molecule has 0 radical (unpaired) electrons. The molecule has 2 fully saturated rings. The summed E-state index contributed by atoms with van der Waals surface area (Å²) in [5.74, 6) is 0.631. The lowest BCUT2D eigenvalue weighted by atomic mass is 9.95. The van der Waals surface area contributed by atoms with Crippen LogP contribution in [0.2, 0.25) is 5.02 Å². The largest absolute Gasteiger partial charge is 0.490 e. The van der Waals surface area contributed by atoms with E-state index in [2.05, 4.69) is 44.3 Å². The predicted octanol–water partition coefficient (Wildman–Crippen LogP) is 6.24. The summed E-state index contributed by atoms with van der Waals surface area (Å²) in [5, 5.41) is 4.72. The molecule has 1 aromatic carbocycles. The first-order valence-corrected chi connectivity index (χ1v) is 13.0. The van der Waals surface area contributed by atoms with E-state index in [1.807, 2.05) is 36.5 Å². The molecule has 6 nitrogen and oxygen atoms in total. The number of aromatic nitrogens is 2. The van der Waals surface area contributed by atoms with Crippen molar-refractivity contribution in [1.82, 2.24) is 14.9 Å². The molecule has 35 heavy (non-hydrogen) atoms. The van der Waals surface area contributed by atoms with Gasteiger partial charge in [0, 0.05) is 37.4 Å². The van der Waals surface area contributed by atoms with E-state index >= 15 is 0 Å². The average Bonchev–Trinajstić information content (AvgIpc) is 3.51. The van der Waals surface area contributed by atoms with Gasteiger partial charge >= 0.3 is 0 Å². The number of ether oxygens (including phenoxy) is 2. The van der Waals surface area contributed by atoms with E-state index in [0.717, 1.165) is 11.4 Å². The molecule has 8 heteroatoms. The topological polar surface area (TPSA) is 51.6 Å². The van der Waals surface area contributed by atoms with Crippen molar-refractivity contribution in [3.63, 3.8) is 0 Å². The minimum atomic E-state index is -0.0812. The molecule has 5 rings (SSSR count). The number of hydrogen-bond donors (Lipinski definition) is 1. The van der Waals surface area contributed by atoms with Gasteiger partial charge in [0.2, 0.25) is 0 Å². The number of methoxy groups -OCH3 is 1. The third kappa shape index (κ3) is 5.17. The van der Waals surface area contributed by atoms with Crippen molar-refractivity contribution in [1.29, 1.82) is 0 Å². The minimum absolute atomic E-state index is 0.0569. The summed E-state index contributed by atoms with van der Waals surface area (Å²) in [6.07, 6.45) is 12.8. The van der Waals surface area contributed by atoms with E-state index in [9.17, 15) is 0 Å². The van der Waals surface area contributed by atoms with Crippen molar-refractivity contribution < 1.29 is 9.47 Å². The van der Waals surface area contributed by atoms with Gasteiger partial charge in [-0.15, -0.1) is 0 Å². The summed E-state index contributed by atoms with van der Waals surface area (Å²) < 4.78 is 13.2. The van der Waals surface area contributed by atoms with Crippen molar-refractivity contribution in [2.75, 3.05) is 25.2 Å². The van der Waals surface area contributed by atoms with Gasteiger partial charge in [0.15, 0.2) is 5.11 Å². The lowest BCUT2D eigenvalue weighted by Gasteiger charge is -2.28. The minimum Gasteiger partial charge on any atom is -0.490 e. The van der Waals surface area contributed by atoms with Crippen molar-refractivity contribution in [3.05, 3.63) is 77.3 Å². The van der Waals surface area contributed by atoms with Gasteiger partial charge in [-0.25, -0.2) is 0 Å². The molecular formula is C27H31ClN4O2S. The average molecular weight is 511 g/mol. The van der Waals surface area contributed by atoms with Crippen LogP contribution in [0.15, 0.2) is 61.1 Å². The van der Waals surface area contributed by atoms with Gasteiger partial charge in [-0.05, 0) is 67.0 Å². The maximum Gasteiger partial charge on any atom is 0.174 e. The standard InChI is InChI=1S/C27H31ClN4O2S/c1-33-15-16-34-24-11-10-21(17-22(24)28)32-26(25(30-27(32)35)23-9-5-6-13-29-23)19-12-14-31(18-19)20-7-3-2-4-8-20/h5-6,9-14,17-18,20,25-26H,2-4,7-8,15-16H2,1H3,(H,30,35)/t25-,26-/m1/s1. The van der Waals surface area contributed by atoms with Crippen LogP contribution in [0.3, 0.4) is 0 Å². The highest BCUT2D eigenvalue weighted by Crippen LogP contribution is 2.43. The zero-order valence-electron chi connectivity index (χ0n) is 19.9. The van der Waals surface area contributed by atoms with Gasteiger partial charge in [-0.1, -0.05) is 36.9 Å². The first-order valence-electron chi connectivity index (χ1n) is 12.2. The zero-order valence-corrected chi connectivity index (χ0v) is 21.5. The smallest absolute Gasteiger partial charge is 0.174 e. The van der Waals surface area contributed by atoms with Crippen LogP contribution < -0.4 is 15.0 Å². The Labute approximate surface area is 217 Å². The van der Waals surface area contributed by atoms with Crippen LogP contribution in [0.4, 0.5) is 5.69 Å². The number of halogens is 1. The van der Waals surface area contributed by atoms with E-state index in [0.29, 0.717) is 35.1 Å².